The lowest BCUT2D eigenvalue weighted by Gasteiger charge is -2.17. The predicted octanol–water partition coefficient (Wildman–Crippen LogP) is 3.50. The number of hydrogen-bond donors (Lipinski definition) is 1. The Morgan fingerprint density at radius 2 is 1.81 bits per heavy atom. The highest BCUT2D eigenvalue weighted by Gasteiger charge is 2.13. The maximum atomic E-state index is 12.5. The first-order valence-electron chi connectivity index (χ1n) is 8.18. The number of nitrogens with zero attached hydrogens (tertiary/aromatic N) is 3. The van der Waals surface area contributed by atoms with Gasteiger partial charge in [0.1, 0.15) is 5.75 Å². The lowest BCUT2D eigenvalue weighted by Crippen LogP contribution is -2.26. The van der Waals surface area contributed by atoms with Gasteiger partial charge in [-0.2, -0.15) is 0 Å². The summed E-state index contributed by atoms with van der Waals surface area (Å²) in [5, 5.41) is 3.09. The average molecular weight is 348 g/mol. The van der Waals surface area contributed by atoms with Crippen molar-refractivity contribution in [2.45, 2.75) is 6.54 Å². The fourth-order valence-corrected chi connectivity index (χ4v) is 2.48. The predicted molar refractivity (Wildman–Crippen MR) is 101 cm³/mol. The van der Waals surface area contributed by atoms with Crippen LogP contribution in [0.3, 0.4) is 0 Å². The van der Waals surface area contributed by atoms with E-state index in [-0.39, 0.29) is 5.91 Å². The van der Waals surface area contributed by atoms with Crippen LogP contribution in [0.2, 0.25) is 0 Å². The molecule has 3 aromatic rings. The van der Waals surface area contributed by atoms with Gasteiger partial charge in [0, 0.05) is 37.7 Å². The molecule has 6 nitrogen and oxygen atoms in total. The molecule has 0 atom stereocenters. The standard InChI is InChI=1S/C20H20N4O2/c1-24(14-15-7-4-3-5-8-15)19(25)16-12-21-20(22-13-16)23-17-9-6-10-18(11-17)26-2/h3-13H,14H2,1-2H3,(H,21,22,23). The summed E-state index contributed by atoms with van der Waals surface area (Å²) in [6.45, 7) is 0.531. The Labute approximate surface area is 152 Å². The zero-order valence-corrected chi connectivity index (χ0v) is 14.7. The van der Waals surface area contributed by atoms with Crippen molar-refractivity contribution in [3.05, 3.63) is 78.1 Å². The number of amides is 1. The second-order valence-electron chi connectivity index (χ2n) is 5.80. The van der Waals surface area contributed by atoms with Crippen molar-refractivity contribution in [3.63, 3.8) is 0 Å². The third kappa shape index (κ3) is 4.36. The van der Waals surface area contributed by atoms with Gasteiger partial charge in [0.2, 0.25) is 5.95 Å². The summed E-state index contributed by atoms with van der Waals surface area (Å²) in [6, 6.07) is 17.3. The number of aromatic nitrogens is 2. The van der Waals surface area contributed by atoms with Crippen LogP contribution >= 0.6 is 0 Å². The van der Waals surface area contributed by atoms with Crippen LogP contribution in [0.5, 0.6) is 5.75 Å². The summed E-state index contributed by atoms with van der Waals surface area (Å²) in [7, 11) is 3.37. The van der Waals surface area contributed by atoms with Crippen molar-refractivity contribution >= 4 is 17.5 Å². The number of anilines is 2. The Kier molecular flexibility index (Phi) is 5.43. The zero-order valence-electron chi connectivity index (χ0n) is 14.7. The van der Waals surface area contributed by atoms with Crippen LogP contribution in [0.1, 0.15) is 15.9 Å². The van der Waals surface area contributed by atoms with Crippen LogP contribution < -0.4 is 10.1 Å². The molecule has 132 valence electrons. The molecular weight excluding hydrogens is 328 g/mol. The third-order valence-electron chi connectivity index (χ3n) is 3.83. The fraction of sp³-hybridized carbons (Fsp3) is 0.150. The van der Waals surface area contributed by atoms with Crippen molar-refractivity contribution in [1.29, 1.82) is 0 Å². The highest BCUT2D eigenvalue weighted by Crippen LogP contribution is 2.19. The third-order valence-corrected chi connectivity index (χ3v) is 3.83. The normalized spacial score (nSPS) is 10.2. The molecule has 0 aliphatic carbocycles. The van der Waals surface area contributed by atoms with E-state index in [0.29, 0.717) is 18.1 Å². The van der Waals surface area contributed by atoms with Crippen molar-refractivity contribution in [2.24, 2.45) is 0 Å². The molecule has 0 spiro atoms. The van der Waals surface area contributed by atoms with Crippen molar-refractivity contribution in [2.75, 3.05) is 19.5 Å². The first-order chi connectivity index (χ1) is 12.7. The van der Waals surface area contributed by atoms with E-state index in [0.717, 1.165) is 17.0 Å². The first-order valence-corrected chi connectivity index (χ1v) is 8.18. The number of carbonyl (C=O) groups is 1. The SMILES string of the molecule is COc1cccc(Nc2ncc(C(=O)N(C)Cc3ccccc3)cn2)c1. The molecule has 6 heteroatoms. The van der Waals surface area contributed by atoms with E-state index in [1.165, 1.54) is 12.4 Å². The van der Waals surface area contributed by atoms with Crippen LogP contribution in [0.25, 0.3) is 0 Å². The molecule has 2 aromatic carbocycles. The molecule has 1 heterocycles. The topological polar surface area (TPSA) is 67.3 Å². The van der Waals surface area contributed by atoms with Gasteiger partial charge in [-0.25, -0.2) is 9.97 Å². The van der Waals surface area contributed by atoms with Crippen molar-refractivity contribution in [1.82, 2.24) is 14.9 Å². The smallest absolute Gasteiger partial charge is 0.257 e. The van der Waals surface area contributed by atoms with E-state index in [9.17, 15) is 4.79 Å². The zero-order chi connectivity index (χ0) is 18.4. The maximum absolute atomic E-state index is 12.5. The second kappa shape index (κ2) is 8.11. The van der Waals surface area contributed by atoms with Gasteiger partial charge in [-0.1, -0.05) is 36.4 Å². The van der Waals surface area contributed by atoms with Gasteiger partial charge in [-0.05, 0) is 17.7 Å². The molecule has 26 heavy (non-hydrogen) atoms. The van der Waals surface area contributed by atoms with Crippen LogP contribution in [-0.4, -0.2) is 34.9 Å². The molecule has 0 saturated heterocycles. The van der Waals surface area contributed by atoms with Crippen LogP contribution in [-0.2, 0) is 6.54 Å². The van der Waals surface area contributed by atoms with E-state index < -0.39 is 0 Å². The molecule has 0 aliphatic rings. The number of carbonyl (C=O) groups excluding carboxylic acids is 1. The average Bonchev–Trinajstić information content (AvgIpc) is 2.69. The Morgan fingerprint density at radius 3 is 2.50 bits per heavy atom. The molecule has 0 unspecified atom stereocenters. The minimum absolute atomic E-state index is 0.123. The molecule has 0 aliphatic heterocycles. The van der Waals surface area contributed by atoms with Gasteiger partial charge in [-0.3, -0.25) is 4.79 Å². The van der Waals surface area contributed by atoms with Gasteiger partial charge in [0.05, 0.1) is 12.7 Å². The number of nitrogens with one attached hydrogen (secondary N) is 1. The van der Waals surface area contributed by atoms with Crippen LogP contribution in [0, 0.1) is 0 Å². The van der Waals surface area contributed by atoms with E-state index >= 15 is 0 Å². The van der Waals surface area contributed by atoms with Gasteiger partial charge in [0.15, 0.2) is 0 Å². The Bertz CT molecular complexity index is 866. The van der Waals surface area contributed by atoms with Crippen LogP contribution in [0.15, 0.2) is 67.0 Å². The molecule has 0 bridgehead atoms. The quantitative estimate of drug-likeness (QED) is 0.738. The van der Waals surface area contributed by atoms with E-state index in [1.807, 2.05) is 54.6 Å². The monoisotopic (exact) mass is 348 g/mol. The molecular formula is C20H20N4O2. The lowest BCUT2D eigenvalue weighted by atomic mass is 10.2. The fourth-order valence-electron chi connectivity index (χ4n) is 2.48. The lowest BCUT2D eigenvalue weighted by molar-refractivity contribution is 0.0784. The molecule has 3 rings (SSSR count). The Hall–Kier alpha value is -3.41. The summed E-state index contributed by atoms with van der Waals surface area (Å²) in [5.74, 6) is 1.03. The number of rotatable bonds is 6. The van der Waals surface area contributed by atoms with Gasteiger partial charge < -0.3 is 15.0 Å². The van der Waals surface area contributed by atoms with Crippen molar-refractivity contribution in [3.8, 4) is 5.75 Å². The highest BCUT2D eigenvalue weighted by molar-refractivity contribution is 5.93. The molecule has 1 N–H and O–H groups in total. The second-order valence-corrected chi connectivity index (χ2v) is 5.80. The minimum Gasteiger partial charge on any atom is -0.497 e. The Morgan fingerprint density at radius 1 is 1.08 bits per heavy atom. The first kappa shape index (κ1) is 17.4. The maximum Gasteiger partial charge on any atom is 0.257 e. The van der Waals surface area contributed by atoms with Crippen molar-refractivity contribution < 1.29 is 9.53 Å². The van der Waals surface area contributed by atoms with Gasteiger partial charge in [-0.15, -0.1) is 0 Å². The Balaban J connectivity index is 1.65. The molecule has 1 aromatic heterocycles. The summed E-state index contributed by atoms with van der Waals surface area (Å²) in [4.78, 5) is 22.6. The van der Waals surface area contributed by atoms with Gasteiger partial charge in [0.25, 0.3) is 5.91 Å². The molecule has 0 saturated carbocycles. The van der Waals surface area contributed by atoms with E-state index in [4.69, 9.17) is 4.74 Å². The summed E-state index contributed by atoms with van der Waals surface area (Å²) in [6.07, 6.45) is 3.05. The number of hydrogen-bond acceptors (Lipinski definition) is 5. The minimum atomic E-state index is -0.123. The summed E-state index contributed by atoms with van der Waals surface area (Å²) in [5.41, 5.74) is 2.32. The van der Waals surface area contributed by atoms with Crippen LogP contribution in [0.4, 0.5) is 11.6 Å². The number of ether oxygens (including phenoxy) is 1. The summed E-state index contributed by atoms with van der Waals surface area (Å²) < 4.78 is 5.19. The molecule has 0 radical (unpaired) electrons. The number of methoxy groups -OCH3 is 1. The largest absolute Gasteiger partial charge is 0.497 e. The highest BCUT2D eigenvalue weighted by atomic mass is 16.5. The number of benzene rings is 2. The summed E-state index contributed by atoms with van der Waals surface area (Å²) >= 11 is 0. The molecule has 0 fully saturated rings. The van der Waals surface area contributed by atoms with E-state index in [2.05, 4.69) is 15.3 Å². The molecule has 1 amide bonds. The van der Waals surface area contributed by atoms with Gasteiger partial charge >= 0.3 is 0 Å². The van der Waals surface area contributed by atoms with E-state index in [1.54, 1.807) is 19.1 Å².